The fraction of sp³-hybridized carbons (Fsp3) is 0.318. The van der Waals surface area contributed by atoms with Crippen molar-refractivity contribution < 1.29 is 4.79 Å². The number of para-hydroxylation sites is 1. The lowest BCUT2D eigenvalue weighted by molar-refractivity contribution is 0.101. The molecule has 1 aliphatic carbocycles. The number of carbonyl (C=O) groups excluding carboxylic acids is 1. The third-order valence-electron chi connectivity index (χ3n) is 5.29. The number of carbonyl (C=O) groups is 1. The van der Waals surface area contributed by atoms with Crippen LogP contribution in [0.15, 0.2) is 48.7 Å². The number of aryl methyl sites for hydroxylation is 1. The summed E-state index contributed by atoms with van der Waals surface area (Å²) in [6, 6.07) is 15.0. The normalized spacial score (nSPS) is 14.1. The molecule has 1 aromatic heterocycles. The molecule has 0 radical (unpaired) electrons. The molecule has 134 valence electrons. The van der Waals surface area contributed by atoms with Gasteiger partial charge in [0.2, 0.25) is 0 Å². The van der Waals surface area contributed by atoms with Gasteiger partial charge in [-0.1, -0.05) is 48.0 Å². The van der Waals surface area contributed by atoms with Gasteiger partial charge in [-0.15, -0.1) is 0 Å². The van der Waals surface area contributed by atoms with Crippen LogP contribution in [0, 0.1) is 0 Å². The Labute approximate surface area is 159 Å². The van der Waals surface area contributed by atoms with Gasteiger partial charge in [-0.25, -0.2) is 0 Å². The van der Waals surface area contributed by atoms with E-state index in [9.17, 15) is 4.79 Å². The number of aromatic nitrogens is 1. The van der Waals surface area contributed by atoms with Crippen LogP contribution in [-0.4, -0.2) is 22.9 Å². The number of nitrogens with one attached hydrogen (secondary N) is 1. The van der Waals surface area contributed by atoms with Crippen molar-refractivity contribution in [2.45, 2.75) is 38.8 Å². The Bertz CT molecular complexity index is 935. The summed E-state index contributed by atoms with van der Waals surface area (Å²) in [6.07, 6.45) is 5.18. The number of halogens is 1. The number of fused-ring (bicyclic) bond motifs is 2. The second-order valence-corrected chi connectivity index (χ2v) is 7.52. The Hall–Kier alpha value is -2.10. The van der Waals surface area contributed by atoms with E-state index in [-0.39, 0.29) is 5.78 Å². The molecule has 1 aliphatic rings. The van der Waals surface area contributed by atoms with Crippen LogP contribution in [0.4, 0.5) is 0 Å². The molecule has 1 heterocycles. The molecule has 0 saturated heterocycles. The Morgan fingerprint density at radius 1 is 1.15 bits per heavy atom. The van der Waals surface area contributed by atoms with Crippen LogP contribution in [0.3, 0.4) is 0 Å². The van der Waals surface area contributed by atoms with E-state index in [1.807, 2.05) is 24.4 Å². The predicted molar refractivity (Wildman–Crippen MR) is 107 cm³/mol. The fourth-order valence-electron chi connectivity index (χ4n) is 4.03. The summed E-state index contributed by atoms with van der Waals surface area (Å²) in [5.74, 6) is 0.0814. The quantitative estimate of drug-likeness (QED) is 0.509. The number of hydrogen-bond donors (Lipinski definition) is 1. The van der Waals surface area contributed by atoms with Crippen molar-refractivity contribution >= 4 is 28.3 Å². The molecular formula is C22H23ClN2O. The second kappa shape index (κ2) is 7.26. The van der Waals surface area contributed by atoms with Crippen molar-refractivity contribution in [1.82, 2.24) is 9.88 Å². The van der Waals surface area contributed by atoms with E-state index < -0.39 is 0 Å². The van der Waals surface area contributed by atoms with Crippen LogP contribution >= 0.6 is 11.6 Å². The SMILES string of the molecule is CC(=O)c1cn(CCCNC2Cc3ccccc3C2)c2c(Cl)cccc12. The van der Waals surface area contributed by atoms with Gasteiger partial charge in [-0.2, -0.15) is 0 Å². The summed E-state index contributed by atoms with van der Waals surface area (Å²) in [6.45, 7) is 3.41. The molecule has 0 bridgehead atoms. The first-order chi connectivity index (χ1) is 12.6. The number of nitrogens with zero attached hydrogens (tertiary/aromatic N) is 1. The largest absolute Gasteiger partial charge is 0.345 e. The highest BCUT2D eigenvalue weighted by Crippen LogP contribution is 2.28. The van der Waals surface area contributed by atoms with Gasteiger partial charge in [0, 0.05) is 29.7 Å². The summed E-state index contributed by atoms with van der Waals surface area (Å²) >= 11 is 6.40. The summed E-state index contributed by atoms with van der Waals surface area (Å²) in [4.78, 5) is 11.9. The minimum absolute atomic E-state index is 0.0814. The highest BCUT2D eigenvalue weighted by Gasteiger charge is 2.20. The molecule has 0 fully saturated rings. The minimum Gasteiger partial charge on any atom is -0.345 e. The van der Waals surface area contributed by atoms with E-state index in [1.54, 1.807) is 6.92 Å². The van der Waals surface area contributed by atoms with E-state index in [0.29, 0.717) is 11.1 Å². The Morgan fingerprint density at radius 3 is 2.58 bits per heavy atom. The zero-order chi connectivity index (χ0) is 18.1. The molecule has 4 rings (SSSR count). The van der Waals surface area contributed by atoms with Crippen molar-refractivity contribution in [3.63, 3.8) is 0 Å². The number of ketones is 1. The van der Waals surface area contributed by atoms with Gasteiger partial charge >= 0.3 is 0 Å². The molecule has 3 nitrogen and oxygen atoms in total. The molecule has 0 aliphatic heterocycles. The van der Waals surface area contributed by atoms with Crippen LogP contribution in [0.25, 0.3) is 10.9 Å². The van der Waals surface area contributed by atoms with Crippen LogP contribution in [0.2, 0.25) is 5.02 Å². The lowest BCUT2D eigenvalue weighted by Gasteiger charge is -2.12. The molecule has 1 N–H and O–H groups in total. The van der Waals surface area contributed by atoms with Gasteiger partial charge in [0.25, 0.3) is 0 Å². The maximum Gasteiger partial charge on any atom is 0.161 e. The maximum absolute atomic E-state index is 11.9. The van der Waals surface area contributed by atoms with E-state index in [4.69, 9.17) is 11.6 Å². The van der Waals surface area contributed by atoms with Gasteiger partial charge in [-0.05, 0) is 49.9 Å². The third-order valence-corrected chi connectivity index (χ3v) is 5.59. The molecule has 0 spiro atoms. The number of rotatable bonds is 6. The third kappa shape index (κ3) is 3.29. The molecule has 4 heteroatoms. The average molecular weight is 367 g/mol. The Balaban J connectivity index is 1.39. The average Bonchev–Trinajstić information content (AvgIpc) is 3.20. The van der Waals surface area contributed by atoms with Gasteiger partial charge in [0.1, 0.15) is 0 Å². The molecule has 2 aromatic carbocycles. The highest BCUT2D eigenvalue weighted by molar-refractivity contribution is 6.35. The van der Waals surface area contributed by atoms with Crippen LogP contribution in [-0.2, 0) is 19.4 Å². The first-order valence-electron chi connectivity index (χ1n) is 9.22. The van der Waals surface area contributed by atoms with Crippen molar-refractivity contribution in [3.8, 4) is 0 Å². The van der Waals surface area contributed by atoms with Crippen molar-refractivity contribution in [2.24, 2.45) is 0 Å². The highest BCUT2D eigenvalue weighted by atomic mass is 35.5. The van der Waals surface area contributed by atoms with Gasteiger partial charge in [0.15, 0.2) is 5.78 Å². The van der Waals surface area contributed by atoms with Crippen LogP contribution in [0.5, 0.6) is 0 Å². The molecule has 0 unspecified atom stereocenters. The summed E-state index contributed by atoms with van der Waals surface area (Å²) in [5, 5.41) is 5.33. The number of hydrogen-bond acceptors (Lipinski definition) is 2. The van der Waals surface area contributed by atoms with Gasteiger partial charge in [0.05, 0.1) is 10.5 Å². The molecule has 0 amide bonds. The Morgan fingerprint density at radius 2 is 1.88 bits per heavy atom. The maximum atomic E-state index is 11.9. The van der Waals surface area contributed by atoms with E-state index in [2.05, 4.69) is 34.1 Å². The van der Waals surface area contributed by atoms with E-state index in [1.165, 1.54) is 11.1 Å². The first kappa shape index (κ1) is 17.3. The standard InChI is InChI=1S/C22H23ClN2O/c1-15(26)20-14-25(22-19(20)8-4-9-21(22)23)11-5-10-24-18-12-16-6-2-3-7-17(16)13-18/h2-4,6-9,14,18,24H,5,10-13H2,1H3. The summed E-state index contributed by atoms with van der Waals surface area (Å²) < 4.78 is 2.12. The van der Waals surface area contributed by atoms with E-state index >= 15 is 0 Å². The van der Waals surface area contributed by atoms with Gasteiger partial charge < -0.3 is 9.88 Å². The van der Waals surface area contributed by atoms with Crippen molar-refractivity contribution in [1.29, 1.82) is 0 Å². The zero-order valence-electron chi connectivity index (χ0n) is 15.0. The lowest BCUT2D eigenvalue weighted by Crippen LogP contribution is -2.30. The zero-order valence-corrected chi connectivity index (χ0v) is 15.7. The predicted octanol–water partition coefficient (Wildman–Crippen LogP) is 4.64. The lowest BCUT2D eigenvalue weighted by atomic mass is 10.1. The molecule has 3 aromatic rings. The van der Waals surface area contributed by atoms with E-state index in [0.717, 1.165) is 48.8 Å². The fourth-order valence-corrected chi connectivity index (χ4v) is 4.31. The Kier molecular flexibility index (Phi) is 4.84. The topological polar surface area (TPSA) is 34.0 Å². The van der Waals surface area contributed by atoms with Gasteiger partial charge in [-0.3, -0.25) is 4.79 Å². The smallest absolute Gasteiger partial charge is 0.161 e. The monoisotopic (exact) mass is 366 g/mol. The summed E-state index contributed by atoms with van der Waals surface area (Å²) in [7, 11) is 0. The van der Waals surface area contributed by atoms with Crippen LogP contribution < -0.4 is 5.32 Å². The molecule has 26 heavy (non-hydrogen) atoms. The second-order valence-electron chi connectivity index (χ2n) is 7.11. The molecular weight excluding hydrogens is 344 g/mol. The van der Waals surface area contributed by atoms with Crippen molar-refractivity contribution in [3.05, 3.63) is 70.4 Å². The van der Waals surface area contributed by atoms with Crippen molar-refractivity contribution in [2.75, 3.05) is 6.54 Å². The molecule has 0 atom stereocenters. The first-order valence-corrected chi connectivity index (χ1v) is 9.59. The molecule has 0 saturated carbocycles. The van der Waals surface area contributed by atoms with Crippen LogP contribution in [0.1, 0.15) is 34.8 Å². The minimum atomic E-state index is 0.0814. The number of Topliss-reactive ketones (excluding diaryl/α,β-unsaturated/α-hetero) is 1. The number of benzene rings is 2. The summed E-state index contributed by atoms with van der Waals surface area (Å²) in [5.41, 5.74) is 4.66.